The third kappa shape index (κ3) is 4.33. The number of aliphatic hydroxyl groups is 1. The van der Waals surface area contributed by atoms with E-state index in [1.54, 1.807) is 24.6 Å². The van der Waals surface area contributed by atoms with E-state index in [2.05, 4.69) is 20.6 Å². The fraction of sp³-hybridized carbons (Fsp3) is 0.261. The Morgan fingerprint density at radius 1 is 1.10 bits per heavy atom. The van der Waals surface area contributed by atoms with Crippen molar-refractivity contribution in [1.82, 2.24) is 20.0 Å². The van der Waals surface area contributed by atoms with Crippen molar-refractivity contribution in [3.05, 3.63) is 53.2 Å². The molecule has 0 saturated heterocycles. The van der Waals surface area contributed by atoms with E-state index in [1.165, 1.54) is 6.07 Å². The van der Waals surface area contributed by atoms with Gasteiger partial charge in [-0.15, -0.1) is 10.2 Å². The van der Waals surface area contributed by atoms with Crippen molar-refractivity contribution in [2.75, 3.05) is 11.9 Å². The van der Waals surface area contributed by atoms with E-state index in [-0.39, 0.29) is 5.75 Å². The quantitative estimate of drug-likeness (QED) is 0.424. The molecule has 0 aliphatic heterocycles. The molecule has 0 aliphatic carbocycles. The molecule has 0 fully saturated rings. The predicted octanol–water partition coefficient (Wildman–Crippen LogP) is 4.55. The van der Waals surface area contributed by atoms with Crippen molar-refractivity contribution in [2.24, 2.45) is 7.05 Å². The maximum atomic E-state index is 10.6. The van der Waals surface area contributed by atoms with Gasteiger partial charge in [0.2, 0.25) is 0 Å². The number of aromatic nitrogens is 4. The number of nitrogens with one attached hydrogen (secondary N) is 1. The lowest BCUT2D eigenvalue weighted by molar-refractivity contribution is 0.0944. The monoisotopic (exact) mass is 437 g/mol. The van der Waals surface area contributed by atoms with Crippen molar-refractivity contribution in [1.29, 1.82) is 0 Å². The van der Waals surface area contributed by atoms with Gasteiger partial charge < -0.3 is 15.5 Å². The Bertz CT molecular complexity index is 1250. The zero-order valence-corrected chi connectivity index (χ0v) is 18.6. The number of aryl methyl sites for hydroxylation is 2. The van der Waals surface area contributed by atoms with Gasteiger partial charge in [0.1, 0.15) is 11.4 Å². The van der Waals surface area contributed by atoms with Crippen molar-refractivity contribution in [3.63, 3.8) is 0 Å². The van der Waals surface area contributed by atoms with Crippen LogP contribution in [0.15, 0.2) is 42.6 Å². The van der Waals surface area contributed by atoms with Crippen LogP contribution in [0.25, 0.3) is 33.3 Å². The average Bonchev–Trinajstić information content (AvgIpc) is 3.11. The topological polar surface area (TPSA) is 96.1 Å². The number of benzene rings is 2. The zero-order chi connectivity index (χ0) is 22.3. The first kappa shape index (κ1) is 21.1. The number of phenols is 1. The van der Waals surface area contributed by atoms with Gasteiger partial charge in [-0.25, -0.2) is 0 Å². The maximum absolute atomic E-state index is 10.6. The summed E-state index contributed by atoms with van der Waals surface area (Å²) in [6, 6.07) is 11.1. The highest BCUT2D eigenvalue weighted by atomic mass is 35.5. The van der Waals surface area contributed by atoms with Crippen LogP contribution in [-0.2, 0) is 7.05 Å². The molecule has 7 nitrogen and oxygen atoms in total. The number of anilines is 1. The highest BCUT2D eigenvalue weighted by Crippen LogP contribution is 2.39. The van der Waals surface area contributed by atoms with E-state index in [0.29, 0.717) is 28.6 Å². The summed E-state index contributed by atoms with van der Waals surface area (Å²) in [5.41, 5.74) is 2.78. The number of aromatic hydroxyl groups is 1. The number of rotatable bonds is 5. The fourth-order valence-electron chi connectivity index (χ4n) is 3.53. The molecule has 0 radical (unpaired) electrons. The lowest BCUT2D eigenvalue weighted by atomic mass is 9.98. The minimum absolute atomic E-state index is 0.0478. The average molecular weight is 438 g/mol. The van der Waals surface area contributed by atoms with Gasteiger partial charge >= 0.3 is 0 Å². The molecule has 0 aliphatic rings. The van der Waals surface area contributed by atoms with Gasteiger partial charge in [0, 0.05) is 46.7 Å². The van der Waals surface area contributed by atoms with Crippen molar-refractivity contribution >= 4 is 28.2 Å². The Morgan fingerprint density at radius 3 is 2.52 bits per heavy atom. The summed E-state index contributed by atoms with van der Waals surface area (Å²) in [7, 11) is 1.87. The number of hydrogen-bond acceptors (Lipinski definition) is 6. The Hall–Kier alpha value is -3.16. The Morgan fingerprint density at radius 2 is 1.87 bits per heavy atom. The van der Waals surface area contributed by atoms with Gasteiger partial charge in [-0.3, -0.25) is 4.68 Å². The van der Waals surface area contributed by atoms with Gasteiger partial charge in [-0.2, -0.15) is 5.10 Å². The second kappa shape index (κ2) is 7.83. The third-order valence-corrected chi connectivity index (χ3v) is 5.21. The van der Waals surface area contributed by atoms with Gasteiger partial charge in [0.25, 0.3) is 0 Å². The highest BCUT2D eigenvalue weighted by Gasteiger charge is 2.19. The van der Waals surface area contributed by atoms with Gasteiger partial charge in [0.05, 0.1) is 11.3 Å². The van der Waals surface area contributed by atoms with E-state index in [0.717, 1.165) is 27.6 Å². The number of nitrogens with zero attached hydrogens (tertiary/aromatic N) is 4. The molecule has 0 bridgehead atoms. The fourth-order valence-corrected chi connectivity index (χ4v) is 3.80. The smallest absolute Gasteiger partial charge is 0.156 e. The zero-order valence-electron chi connectivity index (χ0n) is 17.8. The number of phenolic OH excluding ortho intramolecular Hbond substituents is 1. The van der Waals surface area contributed by atoms with Crippen LogP contribution in [0.1, 0.15) is 19.4 Å². The second-order valence-corrected chi connectivity index (χ2v) is 8.75. The summed E-state index contributed by atoms with van der Waals surface area (Å²) >= 11 is 6.09. The summed E-state index contributed by atoms with van der Waals surface area (Å²) in [5, 5.41) is 39.3. The summed E-state index contributed by atoms with van der Waals surface area (Å²) in [4.78, 5) is 0. The molecular weight excluding hydrogens is 414 g/mol. The van der Waals surface area contributed by atoms with Gasteiger partial charge in [-0.05, 0) is 50.6 Å². The van der Waals surface area contributed by atoms with E-state index >= 15 is 0 Å². The number of hydrogen-bond donors (Lipinski definition) is 3. The molecular formula is C23H24ClN5O2. The van der Waals surface area contributed by atoms with Crippen molar-refractivity contribution in [2.45, 2.75) is 26.4 Å². The highest BCUT2D eigenvalue weighted by molar-refractivity contribution is 6.31. The van der Waals surface area contributed by atoms with E-state index < -0.39 is 5.60 Å². The Labute approximate surface area is 185 Å². The summed E-state index contributed by atoms with van der Waals surface area (Å²) in [6.07, 6.45) is 1.89. The summed E-state index contributed by atoms with van der Waals surface area (Å²) < 4.78 is 1.75. The Balaban J connectivity index is 1.93. The van der Waals surface area contributed by atoms with Crippen LogP contribution in [0.4, 0.5) is 5.82 Å². The SMILES string of the molecule is Cc1cc(Cl)cc(O)c1-c1nnc(NCC(C)(C)O)c2cc(-c3ccn(C)n3)ccc12. The molecule has 160 valence electrons. The van der Waals surface area contributed by atoms with E-state index in [9.17, 15) is 10.2 Å². The Kier molecular flexibility index (Phi) is 5.33. The first-order valence-electron chi connectivity index (χ1n) is 9.88. The van der Waals surface area contributed by atoms with Gasteiger partial charge in [-0.1, -0.05) is 23.7 Å². The predicted molar refractivity (Wildman–Crippen MR) is 123 cm³/mol. The van der Waals surface area contributed by atoms with Crippen LogP contribution in [0.3, 0.4) is 0 Å². The summed E-state index contributed by atoms with van der Waals surface area (Å²) in [6.45, 7) is 5.61. The standard InChI is InChI=1S/C23H24ClN5O2/c1-13-9-15(24)11-19(30)20(13)21-16-6-5-14(18-7-8-29(4)28-18)10-17(16)22(27-26-21)25-12-23(2,3)31/h5-11,30-31H,12H2,1-4H3,(H,25,27). The molecule has 3 N–H and O–H groups in total. The molecule has 8 heteroatoms. The second-order valence-electron chi connectivity index (χ2n) is 8.32. The minimum atomic E-state index is -0.920. The number of fused-ring (bicyclic) bond motifs is 1. The molecule has 2 heterocycles. The van der Waals surface area contributed by atoms with E-state index in [1.807, 2.05) is 44.4 Å². The van der Waals surface area contributed by atoms with E-state index in [4.69, 9.17) is 11.6 Å². The van der Waals surface area contributed by atoms with Crippen LogP contribution in [0, 0.1) is 6.92 Å². The molecule has 0 spiro atoms. The van der Waals surface area contributed by atoms with Crippen LogP contribution in [0.5, 0.6) is 5.75 Å². The van der Waals surface area contributed by atoms with Gasteiger partial charge in [0.15, 0.2) is 5.82 Å². The van der Waals surface area contributed by atoms with Crippen LogP contribution < -0.4 is 5.32 Å². The molecule has 0 saturated carbocycles. The lowest BCUT2D eigenvalue weighted by Gasteiger charge is -2.19. The molecule has 2 aromatic carbocycles. The largest absolute Gasteiger partial charge is 0.507 e. The first-order chi connectivity index (χ1) is 14.6. The molecule has 0 unspecified atom stereocenters. The van der Waals surface area contributed by atoms with Crippen LogP contribution in [-0.4, -0.2) is 42.3 Å². The first-order valence-corrected chi connectivity index (χ1v) is 10.3. The minimum Gasteiger partial charge on any atom is -0.507 e. The lowest BCUT2D eigenvalue weighted by Crippen LogP contribution is -2.29. The maximum Gasteiger partial charge on any atom is 0.156 e. The molecule has 31 heavy (non-hydrogen) atoms. The number of halogens is 1. The summed E-state index contributed by atoms with van der Waals surface area (Å²) in [5.74, 6) is 0.594. The normalized spacial score (nSPS) is 11.8. The van der Waals surface area contributed by atoms with Crippen LogP contribution >= 0.6 is 11.6 Å². The molecule has 2 aromatic heterocycles. The van der Waals surface area contributed by atoms with Crippen molar-refractivity contribution < 1.29 is 10.2 Å². The van der Waals surface area contributed by atoms with Crippen LogP contribution in [0.2, 0.25) is 5.02 Å². The molecule has 4 rings (SSSR count). The van der Waals surface area contributed by atoms with Crippen molar-refractivity contribution in [3.8, 4) is 28.3 Å². The molecule has 4 aromatic rings. The third-order valence-electron chi connectivity index (χ3n) is 4.99. The molecule has 0 amide bonds. The molecule has 0 atom stereocenters.